The van der Waals surface area contributed by atoms with Gasteiger partial charge in [0.1, 0.15) is 6.04 Å². The third kappa shape index (κ3) is 4.38. The molecule has 1 aliphatic heterocycles. The fourth-order valence-electron chi connectivity index (χ4n) is 1.86. The summed E-state index contributed by atoms with van der Waals surface area (Å²) in [6, 6.07) is 6.51. The summed E-state index contributed by atoms with van der Waals surface area (Å²) in [7, 11) is 0. The van der Waals surface area contributed by atoms with Crippen LogP contribution in [-0.2, 0) is 11.2 Å². The molecule has 1 saturated heterocycles. The lowest BCUT2D eigenvalue weighted by atomic mass is 10.0. The first kappa shape index (κ1) is 16.8. The molecule has 0 radical (unpaired) electrons. The average Bonchev–Trinajstić information content (AvgIpc) is 2.26. The minimum atomic E-state index is -4.44. The molecule has 2 rings (SSSR count). The van der Waals surface area contributed by atoms with E-state index in [4.69, 9.17) is 0 Å². The lowest BCUT2D eigenvalue weighted by Gasteiger charge is -2.29. The molecule has 1 atom stereocenters. The number of hydrogen-bond donors (Lipinski definition) is 2. The van der Waals surface area contributed by atoms with E-state index in [0.29, 0.717) is 18.7 Å². The zero-order valence-electron chi connectivity index (χ0n) is 10.6. The highest BCUT2D eigenvalue weighted by Gasteiger charge is 2.41. The van der Waals surface area contributed by atoms with E-state index in [1.807, 2.05) is 0 Å². The molecule has 1 fully saturated rings. The van der Waals surface area contributed by atoms with E-state index in [1.54, 1.807) is 30.3 Å². The molecule has 0 saturated carbocycles. The molecule has 0 bridgehead atoms. The highest BCUT2D eigenvalue weighted by atomic mass is 35.5. The minimum absolute atomic E-state index is 0. The molecule has 7 heteroatoms. The van der Waals surface area contributed by atoms with Crippen molar-refractivity contribution in [3.8, 4) is 0 Å². The standard InChI is InChI=1S/C13H15F3N2O.ClH/c14-13(15,16)11(6-9-4-2-1-3-5-9)18-12(19)10-7-17-8-10;/h1-5,10-11,17H,6-8H2,(H,18,19);1H. The number of carbonyl (C=O) groups excluding carboxylic acids is 1. The average molecular weight is 309 g/mol. The van der Waals surface area contributed by atoms with Crippen LogP contribution >= 0.6 is 12.4 Å². The van der Waals surface area contributed by atoms with Gasteiger partial charge in [-0.05, 0) is 5.56 Å². The molecule has 0 aromatic heterocycles. The number of alkyl halides is 3. The summed E-state index contributed by atoms with van der Waals surface area (Å²) in [5.41, 5.74) is 0.553. The van der Waals surface area contributed by atoms with Crippen LogP contribution < -0.4 is 10.6 Å². The number of nitrogens with one attached hydrogen (secondary N) is 2. The molecule has 1 heterocycles. The molecule has 0 spiro atoms. The largest absolute Gasteiger partial charge is 0.408 e. The first-order chi connectivity index (χ1) is 8.97. The molecule has 1 aromatic rings. The van der Waals surface area contributed by atoms with Crippen LogP contribution in [0.1, 0.15) is 5.56 Å². The van der Waals surface area contributed by atoms with E-state index in [-0.39, 0.29) is 24.7 Å². The smallest absolute Gasteiger partial charge is 0.344 e. The number of rotatable bonds is 4. The van der Waals surface area contributed by atoms with Crippen molar-refractivity contribution in [2.24, 2.45) is 5.92 Å². The Labute approximate surface area is 121 Å². The maximum atomic E-state index is 12.9. The van der Waals surface area contributed by atoms with Crippen LogP contribution in [0, 0.1) is 5.92 Å². The number of benzene rings is 1. The van der Waals surface area contributed by atoms with Gasteiger partial charge in [-0.25, -0.2) is 0 Å². The zero-order valence-corrected chi connectivity index (χ0v) is 11.4. The van der Waals surface area contributed by atoms with Gasteiger partial charge in [-0.3, -0.25) is 4.79 Å². The van der Waals surface area contributed by atoms with E-state index < -0.39 is 18.1 Å². The number of hydrogen-bond acceptors (Lipinski definition) is 2. The summed E-state index contributed by atoms with van der Waals surface area (Å²) >= 11 is 0. The summed E-state index contributed by atoms with van der Waals surface area (Å²) in [6.07, 6.45) is -4.68. The van der Waals surface area contributed by atoms with Crippen molar-refractivity contribution >= 4 is 18.3 Å². The first-order valence-electron chi connectivity index (χ1n) is 6.08. The van der Waals surface area contributed by atoms with Crippen LogP contribution in [0.15, 0.2) is 30.3 Å². The van der Waals surface area contributed by atoms with Gasteiger partial charge >= 0.3 is 6.18 Å². The Morgan fingerprint density at radius 2 is 1.90 bits per heavy atom. The molecule has 2 N–H and O–H groups in total. The predicted octanol–water partition coefficient (Wildman–Crippen LogP) is 1.92. The molecule has 112 valence electrons. The quantitative estimate of drug-likeness (QED) is 0.892. The molecular formula is C13H16ClF3N2O. The zero-order chi connectivity index (χ0) is 13.9. The fourth-order valence-corrected chi connectivity index (χ4v) is 1.86. The fraction of sp³-hybridized carbons (Fsp3) is 0.462. The van der Waals surface area contributed by atoms with Gasteiger partial charge in [-0.1, -0.05) is 30.3 Å². The second kappa shape index (κ2) is 6.95. The number of carbonyl (C=O) groups is 1. The van der Waals surface area contributed by atoms with Crippen LogP contribution in [0.5, 0.6) is 0 Å². The van der Waals surface area contributed by atoms with Gasteiger partial charge in [0.25, 0.3) is 0 Å². The minimum Gasteiger partial charge on any atom is -0.344 e. The van der Waals surface area contributed by atoms with E-state index >= 15 is 0 Å². The van der Waals surface area contributed by atoms with Gasteiger partial charge in [-0.2, -0.15) is 13.2 Å². The molecule has 3 nitrogen and oxygen atoms in total. The summed E-state index contributed by atoms with van der Waals surface area (Å²) < 4.78 is 38.8. The van der Waals surface area contributed by atoms with Crippen LogP contribution in [0.3, 0.4) is 0 Å². The normalized spacial score (nSPS) is 16.8. The molecule has 20 heavy (non-hydrogen) atoms. The molecule has 0 aliphatic carbocycles. The monoisotopic (exact) mass is 308 g/mol. The van der Waals surface area contributed by atoms with Crippen molar-refractivity contribution in [2.45, 2.75) is 18.6 Å². The van der Waals surface area contributed by atoms with Crippen LogP contribution in [0.25, 0.3) is 0 Å². The van der Waals surface area contributed by atoms with Gasteiger partial charge in [0.05, 0.1) is 5.92 Å². The van der Waals surface area contributed by atoms with Crippen molar-refractivity contribution in [1.82, 2.24) is 10.6 Å². The Bertz CT molecular complexity index is 435. The second-order valence-corrected chi connectivity index (χ2v) is 4.65. The highest BCUT2D eigenvalue weighted by molar-refractivity contribution is 5.85. The molecule has 1 amide bonds. The van der Waals surface area contributed by atoms with E-state index in [9.17, 15) is 18.0 Å². The van der Waals surface area contributed by atoms with Crippen molar-refractivity contribution < 1.29 is 18.0 Å². The Morgan fingerprint density at radius 1 is 1.30 bits per heavy atom. The SMILES string of the molecule is Cl.O=C(NC(Cc1ccccc1)C(F)(F)F)C1CNC1. The third-order valence-corrected chi connectivity index (χ3v) is 3.15. The molecule has 1 aromatic carbocycles. The lowest BCUT2D eigenvalue weighted by Crippen LogP contribution is -2.56. The summed E-state index contributed by atoms with van der Waals surface area (Å²) in [4.78, 5) is 11.6. The predicted molar refractivity (Wildman–Crippen MR) is 71.7 cm³/mol. The highest BCUT2D eigenvalue weighted by Crippen LogP contribution is 2.23. The van der Waals surface area contributed by atoms with Crippen LogP contribution in [-0.4, -0.2) is 31.2 Å². The first-order valence-corrected chi connectivity index (χ1v) is 6.08. The summed E-state index contributed by atoms with van der Waals surface area (Å²) in [5.74, 6) is -0.877. The summed E-state index contributed by atoms with van der Waals surface area (Å²) in [5, 5.41) is 4.97. The van der Waals surface area contributed by atoms with Crippen LogP contribution in [0.2, 0.25) is 0 Å². The maximum absolute atomic E-state index is 12.9. The van der Waals surface area contributed by atoms with E-state index in [1.165, 1.54) is 0 Å². The van der Waals surface area contributed by atoms with Crippen molar-refractivity contribution in [2.75, 3.05) is 13.1 Å². The maximum Gasteiger partial charge on any atom is 0.408 e. The Morgan fingerprint density at radius 3 is 2.35 bits per heavy atom. The second-order valence-electron chi connectivity index (χ2n) is 4.65. The Kier molecular flexibility index (Phi) is 5.83. The van der Waals surface area contributed by atoms with Gasteiger partial charge in [0, 0.05) is 19.5 Å². The Hall–Kier alpha value is -1.27. The molecule has 1 aliphatic rings. The van der Waals surface area contributed by atoms with Gasteiger partial charge in [0.2, 0.25) is 5.91 Å². The molecular weight excluding hydrogens is 293 g/mol. The van der Waals surface area contributed by atoms with E-state index in [2.05, 4.69) is 10.6 Å². The van der Waals surface area contributed by atoms with Crippen LogP contribution in [0.4, 0.5) is 13.2 Å². The van der Waals surface area contributed by atoms with Crippen molar-refractivity contribution in [1.29, 1.82) is 0 Å². The Balaban J connectivity index is 0.00000200. The molecule has 1 unspecified atom stereocenters. The number of halogens is 4. The van der Waals surface area contributed by atoms with E-state index in [0.717, 1.165) is 0 Å². The third-order valence-electron chi connectivity index (χ3n) is 3.15. The topological polar surface area (TPSA) is 41.1 Å². The summed E-state index contributed by atoms with van der Waals surface area (Å²) in [6.45, 7) is 0.892. The van der Waals surface area contributed by atoms with Crippen molar-refractivity contribution in [3.05, 3.63) is 35.9 Å². The lowest BCUT2D eigenvalue weighted by molar-refractivity contribution is -0.163. The van der Waals surface area contributed by atoms with Crippen molar-refractivity contribution in [3.63, 3.8) is 0 Å². The number of amides is 1. The van der Waals surface area contributed by atoms with Gasteiger partial charge in [0.15, 0.2) is 0 Å². The van der Waals surface area contributed by atoms with Gasteiger partial charge < -0.3 is 10.6 Å². The van der Waals surface area contributed by atoms with Gasteiger partial charge in [-0.15, -0.1) is 12.4 Å².